The molecule has 0 aromatic carbocycles. The zero-order chi connectivity index (χ0) is 14.3. The van der Waals surface area contributed by atoms with E-state index in [-0.39, 0.29) is 24.2 Å². The molecule has 0 aromatic rings. The number of likely N-dealkylation sites (tertiary alicyclic amines) is 1. The molecule has 112 valence electrons. The van der Waals surface area contributed by atoms with Crippen molar-refractivity contribution in [3.8, 4) is 0 Å². The molecular formula is C15H22NO4-. The average molecular weight is 280 g/mol. The lowest BCUT2D eigenvalue weighted by Crippen LogP contribution is -2.53. The van der Waals surface area contributed by atoms with Gasteiger partial charge in [-0.2, -0.15) is 0 Å². The average Bonchev–Trinajstić information content (AvgIpc) is 3.06. The Kier molecular flexibility index (Phi) is 3.71. The summed E-state index contributed by atoms with van der Waals surface area (Å²) >= 11 is 0. The van der Waals surface area contributed by atoms with Crippen LogP contribution in [0.25, 0.3) is 0 Å². The lowest BCUT2D eigenvalue weighted by molar-refractivity contribution is -0.314. The maximum Gasteiger partial charge on any atom is 0.229 e. The molecule has 1 amide bonds. The van der Waals surface area contributed by atoms with Crippen molar-refractivity contribution >= 4 is 11.9 Å². The van der Waals surface area contributed by atoms with E-state index in [4.69, 9.17) is 4.74 Å². The third kappa shape index (κ3) is 2.12. The van der Waals surface area contributed by atoms with Gasteiger partial charge in [0.2, 0.25) is 5.91 Å². The highest BCUT2D eigenvalue weighted by molar-refractivity contribution is 5.86. The van der Waals surface area contributed by atoms with E-state index in [0.717, 1.165) is 45.1 Å². The maximum atomic E-state index is 12.8. The molecule has 3 fully saturated rings. The zero-order valence-electron chi connectivity index (χ0n) is 11.9. The SMILES string of the molecule is CCC1CCCCN1C(=O)C1C2CCC(O2)C1C(=O)[O-]. The molecule has 5 heteroatoms. The Balaban J connectivity index is 1.80. The lowest BCUT2D eigenvalue weighted by atomic mass is 9.78. The van der Waals surface area contributed by atoms with Crippen LogP contribution in [0.3, 0.4) is 0 Å². The normalized spacial score (nSPS) is 40.0. The number of hydrogen-bond acceptors (Lipinski definition) is 4. The van der Waals surface area contributed by atoms with Crippen molar-refractivity contribution in [2.24, 2.45) is 11.8 Å². The van der Waals surface area contributed by atoms with Gasteiger partial charge < -0.3 is 19.5 Å². The number of carboxylic acid groups (broad SMARTS) is 1. The Bertz CT molecular complexity index is 411. The monoisotopic (exact) mass is 280 g/mol. The van der Waals surface area contributed by atoms with Crippen LogP contribution in [0.15, 0.2) is 0 Å². The van der Waals surface area contributed by atoms with E-state index >= 15 is 0 Å². The molecule has 0 saturated carbocycles. The molecule has 3 aliphatic heterocycles. The first kappa shape index (κ1) is 13.9. The third-order valence-electron chi connectivity index (χ3n) is 5.21. The Hall–Kier alpha value is -1.10. The summed E-state index contributed by atoms with van der Waals surface area (Å²) in [6.45, 7) is 2.84. The Morgan fingerprint density at radius 1 is 1.15 bits per heavy atom. The molecule has 0 aromatic heterocycles. The van der Waals surface area contributed by atoms with E-state index in [0.29, 0.717) is 0 Å². The number of aliphatic carboxylic acids is 1. The summed E-state index contributed by atoms with van der Waals surface area (Å²) in [5.41, 5.74) is 0. The number of carbonyl (C=O) groups excluding carboxylic acids is 2. The number of carbonyl (C=O) groups is 2. The van der Waals surface area contributed by atoms with Crippen molar-refractivity contribution in [1.82, 2.24) is 4.90 Å². The second-order valence-corrected chi connectivity index (χ2v) is 6.25. The molecule has 5 unspecified atom stereocenters. The topological polar surface area (TPSA) is 69.7 Å². The molecule has 3 heterocycles. The van der Waals surface area contributed by atoms with Gasteiger partial charge in [-0.15, -0.1) is 0 Å². The summed E-state index contributed by atoms with van der Waals surface area (Å²) in [5.74, 6) is -2.41. The number of piperidine rings is 1. The van der Waals surface area contributed by atoms with Gasteiger partial charge >= 0.3 is 0 Å². The molecule has 2 bridgehead atoms. The lowest BCUT2D eigenvalue weighted by Gasteiger charge is -2.39. The number of fused-ring (bicyclic) bond motifs is 2. The molecule has 5 nitrogen and oxygen atoms in total. The minimum atomic E-state index is -1.12. The highest BCUT2D eigenvalue weighted by atomic mass is 16.5. The molecular weight excluding hydrogens is 258 g/mol. The van der Waals surface area contributed by atoms with Crippen molar-refractivity contribution in [2.75, 3.05) is 6.54 Å². The smallest absolute Gasteiger partial charge is 0.229 e. The van der Waals surface area contributed by atoms with Crippen LogP contribution < -0.4 is 5.11 Å². The fourth-order valence-electron chi connectivity index (χ4n) is 4.20. The highest BCUT2D eigenvalue weighted by Gasteiger charge is 2.54. The van der Waals surface area contributed by atoms with Crippen LogP contribution in [0.5, 0.6) is 0 Å². The molecule has 3 rings (SSSR count). The first-order chi connectivity index (χ1) is 9.63. The van der Waals surface area contributed by atoms with Gasteiger partial charge in [0.05, 0.1) is 18.1 Å². The second kappa shape index (κ2) is 5.35. The quantitative estimate of drug-likeness (QED) is 0.746. The Morgan fingerprint density at radius 2 is 1.85 bits per heavy atom. The first-order valence-electron chi connectivity index (χ1n) is 7.80. The summed E-state index contributed by atoms with van der Waals surface area (Å²) in [6, 6.07) is 0.262. The van der Waals surface area contributed by atoms with Crippen LogP contribution in [-0.2, 0) is 14.3 Å². The summed E-state index contributed by atoms with van der Waals surface area (Å²) in [4.78, 5) is 26.1. The number of carboxylic acids is 1. The maximum absolute atomic E-state index is 12.8. The number of amides is 1. The van der Waals surface area contributed by atoms with Gasteiger partial charge in [0.1, 0.15) is 0 Å². The second-order valence-electron chi connectivity index (χ2n) is 6.25. The molecule has 0 spiro atoms. The molecule has 20 heavy (non-hydrogen) atoms. The van der Waals surface area contributed by atoms with Gasteiger partial charge in [-0.1, -0.05) is 6.92 Å². The standard InChI is InChI=1S/C15H23NO4/c1-2-9-5-3-4-8-16(9)14(17)12-10-6-7-11(20-10)13(12)15(18)19/h9-13H,2-8H2,1H3,(H,18,19)/p-1. The molecule has 5 atom stereocenters. The number of hydrogen-bond donors (Lipinski definition) is 0. The molecule has 0 radical (unpaired) electrons. The van der Waals surface area contributed by atoms with Gasteiger partial charge in [-0.3, -0.25) is 4.79 Å². The predicted molar refractivity (Wildman–Crippen MR) is 69.5 cm³/mol. The van der Waals surface area contributed by atoms with E-state index < -0.39 is 17.8 Å². The van der Waals surface area contributed by atoms with Crippen molar-refractivity contribution in [2.45, 2.75) is 63.7 Å². The van der Waals surface area contributed by atoms with Crippen molar-refractivity contribution in [3.63, 3.8) is 0 Å². The summed E-state index contributed by atoms with van der Waals surface area (Å²) in [7, 11) is 0. The van der Waals surface area contributed by atoms with Gasteiger partial charge in [0.15, 0.2) is 0 Å². The highest BCUT2D eigenvalue weighted by Crippen LogP contribution is 2.44. The van der Waals surface area contributed by atoms with Crippen LogP contribution >= 0.6 is 0 Å². The van der Waals surface area contributed by atoms with Crippen molar-refractivity contribution < 1.29 is 19.4 Å². The van der Waals surface area contributed by atoms with E-state index in [2.05, 4.69) is 6.92 Å². The zero-order valence-corrected chi connectivity index (χ0v) is 11.9. The minimum Gasteiger partial charge on any atom is -0.550 e. The number of rotatable bonds is 3. The third-order valence-corrected chi connectivity index (χ3v) is 5.21. The van der Waals surface area contributed by atoms with Crippen LogP contribution in [0.4, 0.5) is 0 Å². The van der Waals surface area contributed by atoms with E-state index in [1.165, 1.54) is 0 Å². The van der Waals surface area contributed by atoms with Crippen molar-refractivity contribution in [3.05, 3.63) is 0 Å². The molecule has 0 N–H and O–H groups in total. The Morgan fingerprint density at radius 3 is 2.50 bits per heavy atom. The van der Waals surface area contributed by atoms with Crippen LogP contribution in [0.2, 0.25) is 0 Å². The summed E-state index contributed by atoms with van der Waals surface area (Å²) in [5, 5.41) is 11.4. The van der Waals surface area contributed by atoms with Gasteiger partial charge in [0.25, 0.3) is 0 Å². The van der Waals surface area contributed by atoms with Gasteiger partial charge in [-0.25, -0.2) is 0 Å². The fourth-order valence-corrected chi connectivity index (χ4v) is 4.20. The number of ether oxygens (including phenoxy) is 1. The van der Waals surface area contributed by atoms with Crippen LogP contribution in [0, 0.1) is 11.8 Å². The molecule has 3 saturated heterocycles. The Labute approximate surface area is 119 Å². The number of nitrogens with zero attached hydrogens (tertiary/aromatic N) is 1. The van der Waals surface area contributed by atoms with Crippen molar-refractivity contribution in [1.29, 1.82) is 0 Å². The van der Waals surface area contributed by atoms with E-state index in [1.54, 1.807) is 0 Å². The van der Waals surface area contributed by atoms with Crippen LogP contribution in [0.1, 0.15) is 45.4 Å². The van der Waals surface area contributed by atoms with Gasteiger partial charge in [0, 0.05) is 24.5 Å². The predicted octanol–water partition coefficient (Wildman–Crippen LogP) is 0.321. The summed E-state index contributed by atoms with van der Waals surface area (Å²) in [6.07, 6.45) is 5.14. The summed E-state index contributed by atoms with van der Waals surface area (Å²) < 4.78 is 5.67. The fraction of sp³-hybridized carbons (Fsp3) is 0.867. The van der Waals surface area contributed by atoms with Gasteiger partial charge in [-0.05, 0) is 38.5 Å². The molecule has 3 aliphatic rings. The van der Waals surface area contributed by atoms with E-state index in [1.807, 2.05) is 4.90 Å². The molecule has 0 aliphatic carbocycles. The first-order valence-corrected chi connectivity index (χ1v) is 7.80. The van der Waals surface area contributed by atoms with Crippen LogP contribution in [-0.4, -0.2) is 41.6 Å². The van der Waals surface area contributed by atoms with E-state index in [9.17, 15) is 14.7 Å². The minimum absolute atomic E-state index is 0.0158. The largest absolute Gasteiger partial charge is 0.550 e.